The number of hydrogen-bond donors (Lipinski definition) is 0. The van der Waals surface area contributed by atoms with Gasteiger partial charge in [0.2, 0.25) is 5.78 Å². The summed E-state index contributed by atoms with van der Waals surface area (Å²) in [5, 5.41) is 0. The maximum atomic E-state index is 5.05. The maximum absolute atomic E-state index is 5.05. The van der Waals surface area contributed by atoms with Gasteiger partial charge in [0.25, 0.3) is 0 Å². The van der Waals surface area contributed by atoms with Crippen molar-refractivity contribution in [3.05, 3.63) is 158 Å². The number of imidazole rings is 2. The van der Waals surface area contributed by atoms with Crippen LogP contribution < -0.4 is 0 Å². The summed E-state index contributed by atoms with van der Waals surface area (Å²) in [6, 6.07) is 53.9. The van der Waals surface area contributed by atoms with E-state index < -0.39 is 0 Å². The fourth-order valence-corrected chi connectivity index (χ4v) is 6.21. The Labute approximate surface area is 264 Å². The molecule has 6 aromatic carbocycles. The molecule has 9 rings (SSSR count). The monoisotopic (exact) mass is 590 g/mol. The average molecular weight is 591 g/mol. The molecule has 0 aliphatic carbocycles. The smallest absolute Gasteiger partial charge is 0.220 e. The molecule has 0 amide bonds. The summed E-state index contributed by atoms with van der Waals surface area (Å²) in [4.78, 5) is 19.8. The van der Waals surface area contributed by atoms with Crippen LogP contribution in [-0.4, -0.2) is 28.9 Å². The molecule has 6 heteroatoms. The third-order valence-electron chi connectivity index (χ3n) is 8.36. The van der Waals surface area contributed by atoms with Crippen LogP contribution in [0, 0.1) is 0 Å². The van der Waals surface area contributed by atoms with Gasteiger partial charge < -0.3 is 0 Å². The Balaban J connectivity index is 1.18. The van der Waals surface area contributed by atoms with Crippen LogP contribution in [0.5, 0.6) is 0 Å². The first-order chi connectivity index (χ1) is 22.8. The molecule has 0 fully saturated rings. The van der Waals surface area contributed by atoms with Crippen LogP contribution in [0.4, 0.5) is 0 Å². The average Bonchev–Trinajstić information content (AvgIpc) is 3.67. The van der Waals surface area contributed by atoms with Gasteiger partial charge in [-0.3, -0.25) is 8.97 Å². The van der Waals surface area contributed by atoms with Crippen LogP contribution in [0.25, 0.3) is 78.8 Å². The summed E-state index contributed by atoms with van der Waals surface area (Å²) in [6.45, 7) is 0. The van der Waals surface area contributed by atoms with E-state index in [4.69, 9.17) is 19.9 Å². The molecule has 3 heterocycles. The molecule has 0 spiro atoms. The Morgan fingerprint density at radius 3 is 1.54 bits per heavy atom. The number of aromatic nitrogens is 6. The van der Waals surface area contributed by atoms with Crippen LogP contribution in [0.1, 0.15) is 0 Å². The first kappa shape index (κ1) is 26.0. The topological polar surface area (TPSA) is 60.9 Å². The molecule has 9 aromatic rings. The molecule has 3 aromatic heterocycles. The normalized spacial score (nSPS) is 11.5. The summed E-state index contributed by atoms with van der Waals surface area (Å²) >= 11 is 0. The van der Waals surface area contributed by atoms with Crippen LogP contribution in [0.3, 0.4) is 0 Å². The summed E-state index contributed by atoms with van der Waals surface area (Å²) in [5.74, 6) is 2.81. The first-order valence-corrected chi connectivity index (χ1v) is 15.2. The second kappa shape index (κ2) is 10.6. The fraction of sp³-hybridized carbons (Fsp3) is 0. The Bertz CT molecular complexity index is 2470. The quantitative estimate of drug-likeness (QED) is 0.200. The van der Waals surface area contributed by atoms with E-state index >= 15 is 0 Å². The molecule has 0 unspecified atom stereocenters. The molecule has 0 saturated carbocycles. The van der Waals surface area contributed by atoms with E-state index in [-0.39, 0.29) is 0 Å². The number of fused-ring (bicyclic) bond motifs is 5. The SMILES string of the molecule is c1ccc(-c2nc(-c3ccccc3)nc(-c3cccc(-c4cccc(-n5c6ccccc6n6c7ccccc7nc56)c4)c3)n2)cc1. The first-order valence-electron chi connectivity index (χ1n) is 15.2. The largest absolute Gasteiger partial charge is 0.278 e. The summed E-state index contributed by atoms with van der Waals surface area (Å²) < 4.78 is 4.49. The summed E-state index contributed by atoms with van der Waals surface area (Å²) in [5.41, 5.74) is 10.3. The lowest BCUT2D eigenvalue weighted by Crippen LogP contribution is -2.00. The lowest BCUT2D eigenvalue weighted by Gasteiger charge is -2.11. The number of rotatable bonds is 5. The molecule has 0 N–H and O–H groups in total. The van der Waals surface area contributed by atoms with Crippen molar-refractivity contribution in [3.63, 3.8) is 0 Å². The highest BCUT2D eigenvalue weighted by Gasteiger charge is 2.17. The predicted octanol–water partition coefficient (Wildman–Crippen LogP) is 9.28. The van der Waals surface area contributed by atoms with E-state index in [0.717, 1.165) is 61.3 Å². The lowest BCUT2D eigenvalue weighted by molar-refractivity contribution is 1.07. The van der Waals surface area contributed by atoms with Gasteiger partial charge in [-0.15, -0.1) is 0 Å². The van der Waals surface area contributed by atoms with Crippen molar-refractivity contribution in [2.24, 2.45) is 0 Å². The Kier molecular flexibility index (Phi) is 6.03. The maximum Gasteiger partial charge on any atom is 0.220 e. The minimum Gasteiger partial charge on any atom is -0.278 e. The van der Waals surface area contributed by atoms with Crippen molar-refractivity contribution in [2.45, 2.75) is 0 Å². The molecule has 46 heavy (non-hydrogen) atoms. The number of benzene rings is 6. The highest BCUT2D eigenvalue weighted by Crippen LogP contribution is 2.32. The number of hydrogen-bond acceptors (Lipinski definition) is 4. The molecular formula is C40H26N6. The predicted molar refractivity (Wildman–Crippen MR) is 185 cm³/mol. The van der Waals surface area contributed by atoms with E-state index in [1.165, 1.54) is 0 Å². The molecule has 0 saturated heterocycles. The van der Waals surface area contributed by atoms with E-state index in [1.54, 1.807) is 0 Å². The zero-order valence-corrected chi connectivity index (χ0v) is 24.7. The van der Waals surface area contributed by atoms with Crippen LogP contribution in [0.15, 0.2) is 158 Å². The van der Waals surface area contributed by atoms with E-state index in [2.05, 4.69) is 100.0 Å². The van der Waals surface area contributed by atoms with Crippen molar-refractivity contribution in [3.8, 4) is 51.0 Å². The molecule has 0 radical (unpaired) electrons. The van der Waals surface area contributed by atoms with Gasteiger partial charge >= 0.3 is 0 Å². The second-order valence-corrected chi connectivity index (χ2v) is 11.2. The Hall–Kier alpha value is -6.40. The van der Waals surface area contributed by atoms with E-state index in [9.17, 15) is 0 Å². The van der Waals surface area contributed by atoms with Crippen molar-refractivity contribution >= 4 is 27.8 Å². The van der Waals surface area contributed by atoms with Gasteiger partial charge in [0, 0.05) is 22.4 Å². The molecule has 6 nitrogen and oxygen atoms in total. The minimum absolute atomic E-state index is 0.632. The second-order valence-electron chi connectivity index (χ2n) is 11.2. The Morgan fingerprint density at radius 1 is 0.348 bits per heavy atom. The minimum atomic E-state index is 0.632. The standard InChI is InChI=1S/C40H26N6/c1-3-13-27(14-4-1)37-42-38(28-15-5-2-6-16-28)44-39(43-37)31-19-11-17-29(25-31)30-18-12-20-32(26-30)45-35-23-9-10-24-36(35)46-34-22-8-7-21-33(34)41-40(45)46/h1-26H. The number of para-hydroxylation sites is 4. The zero-order valence-electron chi connectivity index (χ0n) is 24.7. The van der Waals surface area contributed by atoms with Gasteiger partial charge in [0.05, 0.1) is 22.1 Å². The van der Waals surface area contributed by atoms with Crippen molar-refractivity contribution in [1.82, 2.24) is 28.9 Å². The molecular weight excluding hydrogens is 564 g/mol. The van der Waals surface area contributed by atoms with E-state index in [1.807, 2.05) is 66.7 Å². The molecule has 216 valence electrons. The van der Waals surface area contributed by atoms with Gasteiger partial charge in [-0.25, -0.2) is 19.9 Å². The lowest BCUT2D eigenvalue weighted by atomic mass is 10.0. The number of nitrogens with zero attached hydrogens (tertiary/aromatic N) is 6. The van der Waals surface area contributed by atoms with Gasteiger partial charge in [0.15, 0.2) is 17.5 Å². The highest BCUT2D eigenvalue weighted by atomic mass is 15.2. The van der Waals surface area contributed by atoms with Crippen molar-refractivity contribution in [2.75, 3.05) is 0 Å². The third-order valence-corrected chi connectivity index (χ3v) is 8.36. The molecule has 0 bridgehead atoms. The summed E-state index contributed by atoms with van der Waals surface area (Å²) in [6.07, 6.45) is 0. The van der Waals surface area contributed by atoms with Gasteiger partial charge in [-0.2, -0.15) is 0 Å². The van der Waals surface area contributed by atoms with Crippen molar-refractivity contribution in [1.29, 1.82) is 0 Å². The molecule has 0 atom stereocenters. The molecule has 0 aliphatic rings. The van der Waals surface area contributed by atoms with Crippen LogP contribution in [0.2, 0.25) is 0 Å². The van der Waals surface area contributed by atoms with Gasteiger partial charge in [-0.1, -0.05) is 115 Å². The highest BCUT2D eigenvalue weighted by molar-refractivity contribution is 5.92. The van der Waals surface area contributed by atoms with Crippen LogP contribution in [-0.2, 0) is 0 Å². The fourth-order valence-electron chi connectivity index (χ4n) is 6.21. The van der Waals surface area contributed by atoms with E-state index in [0.29, 0.717) is 17.5 Å². The van der Waals surface area contributed by atoms with Gasteiger partial charge in [0.1, 0.15) is 0 Å². The van der Waals surface area contributed by atoms with Crippen molar-refractivity contribution < 1.29 is 0 Å². The third kappa shape index (κ3) is 4.35. The van der Waals surface area contributed by atoms with Crippen LogP contribution >= 0.6 is 0 Å². The Morgan fingerprint density at radius 2 is 0.848 bits per heavy atom. The zero-order chi connectivity index (χ0) is 30.5. The van der Waals surface area contributed by atoms with Gasteiger partial charge in [-0.05, 0) is 53.6 Å². The summed E-state index contributed by atoms with van der Waals surface area (Å²) in [7, 11) is 0. The molecule has 0 aliphatic heterocycles.